The van der Waals surface area contributed by atoms with Crippen molar-refractivity contribution in [1.29, 1.82) is 0 Å². The summed E-state index contributed by atoms with van der Waals surface area (Å²) in [6.07, 6.45) is 0. The van der Waals surface area contributed by atoms with Gasteiger partial charge in [0.05, 0.1) is 12.3 Å². The van der Waals surface area contributed by atoms with Gasteiger partial charge in [0.25, 0.3) is 0 Å². The van der Waals surface area contributed by atoms with Crippen LogP contribution in [0.2, 0.25) is 5.02 Å². The minimum atomic E-state index is 0.606. The lowest BCUT2D eigenvalue weighted by Gasteiger charge is -2.21. The molecule has 2 N–H and O–H groups in total. The zero-order valence-corrected chi connectivity index (χ0v) is 12.5. The molecule has 0 heterocycles. The fourth-order valence-corrected chi connectivity index (χ4v) is 2.12. The molecule has 106 valence electrons. The smallest absolute Gasteiger partial charge is 0.144 e. The molecule has 0 radical (unpaired) electrons. The summed E-state index contributed by atoms with van der Waals surface area (Å²) in [4.78, 5) is 2.14. The molecule has 0 fully saturated rings. The summed E-state index contributed by atoms with van der Waals surface area (Å²) in [6.45, 7) is 3.35. The molecule has 2 rings (SSSR count). The van der Waals surface area contributed by atoms with Gasteiger partial charge in [0.2, 0.25) is 0 Å². The van der Waals surface area contributed by atoms with Crippen molar-refractivity contribution < 1.29 is 4.74 Å². The number of nitrogens with zero attached hydrogens (tertiary/aromatic N) is 1. The molecule has 3 nitrogen and oxygen atoms in total. The molecule has 4 heteroatoms. The Hall–Kier alpha value is -1.87. The minimum absolute atomic E-state index is 0.606. The van der Waals surface area contributed by atoms with Gasteiger partial charge >= 0.3 is 0 Å². The van der Waals surface area contributed by atoms with Gasteiger partial charge in [-0.25, -0.2) is 0 Å². The normalized spacial score (nSPS) is 10.3. The zero-order valence-electron chi connectivity index (χ0n) is 11.8. The van der Waals surface area contributed by atoms with E-state index in [0.717, 1.165) is 23.0 Å². The van der Waals surface area contributed by atoms with Gasteiger partial charge in [-0.1, -0.05) is 23.7 Å². The molecule has 0 atom stereocenters. The van der Waals surface area contributed by atoms with Gasteiger partial charge in [-0.15, -0.1) is 0 Å². The molecule has 0 aromatic heterocycles. The van der Waals surface area contributed by atoms with Crippen LogP contribution in [0.1, 0.15) is 12.5 Å². The van der Waals surface area contributed by atoms with E-state index in [0.29, 0.717) is 12.3 Å². The first-order chi connectivity index (χ1) is 9.60. The Kier molecular flexibility index (Phi) is 4.74. The van der Waals surface area contributed by atoms with Crippen LogP contribution in [-0.2, 0) is 6.54 Å². The maximum atomic E-state index is 5.89. The number of rotatable bonds is 5. The predicted octanol–water partition coefficient (Wildman–Crippen LogP) is 3.96. The Balaban J connectivity index is 2.14. The Morgan fingerprint density at radius 1 is 1.15 bits per heavy atom. The van der Waals surface area contributed by atoms with Crippen molar-refractivity contribution in [2.24, 2.45) is 0 Å². The Bertz CT molecular complexity index is 569. The third-order valence-electron chi connectivity index (χ3n) is 3.07. The standard InChI is InChI=1S/C16H19ClN2O/c1-3-20-16-10-14(8-9-15(16)18)19(2)11-12-4-6-13(17)7-5-12/h4-10H,3,11,18H2,1-2H3. The second-order valence-corrected chi connectivity index (χ2v) is 5.07. The van der Waals surface area contributed by atoms with Crippen molar-refractivity contribution in [3.05, 3.63) is 53.1 Å². The van der Waals surface area contributed by atoms with Gasteiger partial charge in [0.1, 0.15) is 5.75 Å². The molecule has 0 aliphatic rings. The summed E-state index contributed by atoms with van der Waals surface area (Å²) in [5.41, 5.74) is 8.82. The summed E-state index contributed by atoms with van der Waals surface area (Å²) >= 11 is 5.89. The van der Waals surface area contributed by atoms with E-state index in [1.165, 1.54) is 5.56 Å². The molecule has 0 spiro atoms. The van der Waals surface area contributed by atoms with Crippen LogP contribution < -0.4 is 15.4 Å². The first-order valence-corrected chi connectivity index (χ1v) is 6.96. The van der Waals surface area contributed by atoms with E-state index in [1.807, 2.05) is 56.4 Å². The predicted molar refractivity (Wildman–Crippen MR) is 85.6 cm³/mol. The summed E-state index contributed by atoms with van der Waals surface area (Å²) in [5.74, 6) is 0.730. The Morgan fingerprint density at radius 3 is 2.50 bits per heavy atom. The number of benzene rings is 2. The number of anilines is 2. The molecule has 2 aromatic carbocycles. The van der Waals surface area contributed by atoms with Crippen LogP contribution in [0.15, 0.2) is 42.5 Å². The van der Waals surface area contributed by atoms with E-state index >= 15 is 0 Å². The van der Waals surface area contributed by atoms with E-state index in [4.69, 9.17) is 22.1 Å². The number of hydrogen-bond donors (Lipinski definition) is 1. The van der Waals surface area contributed by atoms with Gasteiger partial charge in [-0.3, -0.25) is 0 Å². The van der Waals surface area contributed by atoms with Crippen LogP contribution in [-0.4, -0.2) is 13.7 Å². The maximum absolute atomic E-state index is 5.89. The SMILES string of the molecule is CCOc1cc(N(C)Cc2ccc(Cl)cc2)ccc1N. The molecule has 0 aliphatic heterocycles. The molecule has 2 aromatic rings. The number of nitrogen functional groups attached to an aromatic ring is 1. The highest BCUT2D eigenvalue weighted by Crippen LogP contribution is 2.28. The third kappa shape index (κ3) is 3.58. The zero-order chi connectivity index (χ0) is 14.5. The van der Waals surface area contributed by atoms with E-state index in [9.17, 15) is 0 Å². The summed E-state index contributed by atoms with van der Waals surface area (Å²) in [5, 5.41) is 0.752. The fraction of sp³-hybridized carbons (Fsp3) is 0.250. The highest BCUT2D eigenvalue weighted by Gasteiger charge is 2.06. The summed E-state index contributed by atoms with van der Waals surface area (Å²) in [6, 6.07) is 13.7. The molecule has 0 aliphatic carbocycles. The van der Waals surface area contributed by atoms with Gasteiger partial charge in [-0.05, 0) is 36.8 Å². The van der Waals surface area contributed by atoms with E-state index in [-0.39, 0.29) is 0 Å². The second kappa shape index (κ2) is 6.53. The van der Waals surface area contributed by atoms with Crippen LogP contribution in [0.4, 0.5) is 11.4 Å². The van der Waals surface area contributed by atoms with Crippen LogP contribution in [0, 0.1) is 0 Å². The fourth-order valence-electron chi connectivity index (χ4n) is 2.00. The van der Waals surface area contributed by atoms with Gasteiger partial charge in [-0.2, -0.15) is 0 Å². The minimum Gasteiger partial charge on any atom is -0.492 e. The first kappa shape index (κ1) is 14.5. The van der Waals surface area contributed by atoms with E-state index < -0.39 is 0 Å². The summed E-state index contributed by atoms with van der Waals surface area (Å²) in [7, 11) is 2.04. The van der Waals surface area contributed by atoms with Crippen molar-refractivity contribution in [2.45, 2.75) is 13.5 Å². The highest BCUT2D eigenvalue weighted by molar-refractivity contribution is 6.30. The topological polar surface area (TPSA) is 38.5 Å². The van der Waals surface area contributed by atoms with Crippen molar-refractivity contribution in [3.8, 4) is 5.75 Å². The van der Waals surface area contributed by atoms with Crippen LogP contribution in [0.5, 0.6) is 5.75 Å². The van der Waals surface area contributed by atoms with Gasteiger partial charge in [0, 0.05) is 30.4 Å². The molecule has 0 saturated heterocycles. The largest absolute Gasteiger partial charge is 0.492 e. The third-order valence-corrected chi connectivity index (χ3v) is 3.32. The number of nitrogens with two attached hydrogens (primary N) is 1. The molecule has 20 heavy (non-hydrogen) atoms. The molecule has 0 bridgehead atoms. The Labute approximate surface area is 124 Å². The maximum Gasteiger partial charge on any atom is 0.144 e. The lowest BCUT2D eigenvalue weighted by Crippen LogP contribution is -2.16. The van der Waals surface area contributed by atoms with Gasteiger partial charge < -0.3 is 15.4 Å². The second-order valence-electron chi connectivity index (χ2n) is 4.64. The number of ether oxygens (including phenoxy) is 1. The average molecular weight is 291 g/mol. The van der Waals surface area contributed by atoms with E-state index in [1.54, 1.807) is 0 Å². The van der Waals surface area contributed by atoms with Crippen LogP contribution in [0.25, 0.3) is 0 Å². The van der Waals surface area contributed by atoms with Crippen molar-refractivity contribution in [3.63, 3.8) is 0 Å². The van der Waals surface area contributed by atoms with Crippen LogP contribution in [0.3, 0.4) is 0 Å². The number of halogens is 1. The lowest BCUT2D eigenvalue weighted by molar-refractivity contribution is 0.342. The number of hydrogen-bond acceptors (Lipinski definition) is 3. The van der Waals surface area contributed by atoms with Crippen LogP contribution >= 0.6 is 11.6 Å². The molecule has 0 unspecified atom stereocenters. The molecule has 0 saturated carbocycles. The van der Waals surface area contributed by atoms with Gasteiger partial charge in [0.15, 0.2) is 0 Å². The molecular weight excluding hydrogens is 272 g/mol. The monoisotopic (exact) mass is 290 g/mol. The lowest BCUT2D eigenvalue weighted by atomic mass is 10.2. The van der Waals surface area contributed by atoms with Crippen molar-refractivity contribution in [1.82, 2.24) is 0 Å². The van der Waals surface area contributed by atoms with Crippen molar-refractivity contribution in [2.75, 3.05) is 24.3 Å². The molecular formula is C16H19ClN2O. The quantitative estimate of drug-likeness (QED) is 0.847. The summed E-state index contributed by atoms with van der Waals surface area (Å²) < 4.78 is 5.52. The highest BCUT2D eigenvalue weighted by atomic mass is 35.5. The molecule has 0 amide bonds. The van der Waals surface area contributed by atoms with E-state index in [2.05, 4.69) is 4.90 Å². The first-order valence-electron chi connectivity index (χ1n) is 6.58. The Morgan fingerprint density at radius 2 is 1.85 bits per heavy atom. The van der Waals surface area contributed by atoms with Crippen molar-refractivity contribution >= 4 is 23.0 Å². The average Bonchev–Trinajstić information content (AvgIpc) is 2.44.